The SMILES string of the molecule is CCOC(=O)C1=C(C)NC(S)=C(Cl)C1c1cccnc1. The molecule has 0 fully saturated rings. The summed E-state index contributed by atoms with van der Waals surface area (Å²) in [6, 6.07) is 3.68. The zero-order valence-electron chi connectivity index (χ0n) is 11.2. The third-order valence-corrected chi connectivity index (χ3v) is 3.88. The number of esters is 1. The van der Waals surface area contributed by atoms with E-state index in [0.29, 0.717) is 27.9 Å². The van der Waals surface area contributed by atoms with Crippen LogP contribution in [0, 0.1) is 0 Å². The van der Waals surface area contributed by atoms with Crippen molar-refractivity contribution in [3.8, 4) is 0 Å². The second kappa shape index (κ2) is 6.33. The normalized spacial score (nSPS) is 18.9. The molecule has 0 spiro atoms. The summed E-state index contributed by atoms with van der Waals surface area (Å²) in [5.74, 6) is -0.788. The molecule has 2 heterocycles. The Balaban J connectivity index is 2.51. The van der Waals surface area contributed by atoms with Gasteiger partial charge in [0.1, 0.15) is 0 Å². The fourth-order valence-electron chi connectivity index (χ4n) is 2.12. The third kappa shape index (κ3) is 2.83. The molecule has 1 aliphatic rings. The van der Waals surface area contributed by atoms with Crippen LogP contribution in [-0.4, -0.2) is 17.6 Å². The summed E-state index contributed by atoms with van der Waals surface area (Å²) < 4.78 is 5.12. The van der Waals surface area contributed by atoms with Crippen LogP contribution in [-0.2, 0) is 9.53 Å². The van der Waals surface area contributed by atoms with Crippen molar-refractivity contribution < 1.29 is 9.53 Å². The minimum atomic E-state index is -0.404. The number of carbonyl (C=O) groups excluding carboxylic acids is 1. The molecular weight excluding hydrogens is 296 g/mol. The van der Waals surface area contributed by atoms with Crippen molar-refractivity contribution in [2.45, 2.75) is 19.8 Å². The molecule has 0 aromatic carbocycles. The first-order chi connectivity index (χ1) is 9.56. The second-order valence-corrected chi connectivity index (χ2v) is 5.15. The van der Waals surface area contributed by atoms with Gasteiger partial charge in [0.15, 0.2) is 0 Å². The van der Waals surface area contributed by atoms with E-state index in [-0.39, 0.29) is 5.97 Å². The molecule has 4 nitrogen and oxygen atoms in total. The molecule has 2 rings (SSSR count). The van der Waals surface area contributed by atoms with Gasteiger partial charge in [-0.3, -0.25) is 4.98 Å². The van der Waals surface area contributed by atoms with Gasteiger partial charge in [-0.2, -0.15) is 0 Å². The number of halogens is 1. The quantitative estimate of drug-likeness (QED) is 0.666. The monoisotopic (exact) mass is 310 g/mol. The second-order valence-electron chi connectivity index (χ2n) is 4.30. The maximum absolute atomic E-state index is 12.2. The van der Waals surface area contributed by atoms with Crippen molar-refractivity contribution in [1.29, 1.82) is 0 Å². The molecule has 106 valence electrons. The van der Waals surface area contributed by atoms with E-state index in [2.05, 4.69) is 22.9 Å². The Morgan fingerprint density at radius 2 is 2.35 bits per heavy atom. The standard InChI is InChI=1S/C14H15ClN2O2S/c1-3-19-14(18)10-8(2)17-13(20)12(15)11(10)9-5-4-6-16-7-9/h4-7,11,17,20H,3H2,1-2H3. The molecule has 1 atom stereocenters. The Bertz CT molecular complexity index is 584. The largest absolute Gasteiger partial charge is 0.463 e. The highest BCUT2D eigenvalue weighted by Crippen LogP contribution is 2.40. The third-order valence-electron chi connectivity index (χ3n) is 2.99. The number of aromatic nitrogens is 1. The van der Waals surface area contributed by atoms with Crippen LogP contribution in [0.2, 0.25) is 0 Å². The summed E-state index contributed by atoms with van der Waals surface area (Å²) in [6.07, 6.45) is 3.36. The predicted molar refractivity (Wildman–Crippen MR) is 81.3 cm³/mol. The van der Waals surface area contributed by atoms with Crippen molar-refractivity contribution in [2.75, 3.05) is 6.61 Å². The molecule has 0 saturated carbocycles. The molecular formula is C14H15ClN2O2S. The lowest BCUT2D eigenvalue weighted by Crippen LogP contribution is -2.27. The van der Waals surface area contributed by atoms with Crippen LogP contribution in [0.4, 0.5) is 0 Å². The molecule has 20 heavy (non-hydrogen) atoms. The van der Waals surface area contributed by atoms with Crippen LogP contribution in [0.25, 0.3) is 0 Å². The van der Waals surface area contributed by atoms with Crippen molar-refractivity contribution >= 4 is 30.2 Å². The first-order valence-corrected chi connectivity index (χ1v) is 7.02. The fourth-order valence-corrected chi connectivity index (χ4v) is 2.70. The lowest BCUT2D eigenvalue weighted by Gasteiger charge is -2.27. The number of dihydropyridines is 1. The Morgan fingerprint density at radius 1 is 1.60 bits per heavy atom. The first-order valence-electron chi connectivity index (χ1n) is 6.19. The number of pyridine rings is 1. The number of ether oxygens (including phenoxy) is 1. The van der Waals surface area contributed by atoms with E-state index in [1.807, 2.05) is 6.07 Å². The molecule has 6 heteroatoms. The zero-order chi connectivity index (χ0) is 14.7. The van der Waals surface area contributed by atoms with Gasteiger partial charge < -0.3 is 10.1 Å². The number of carbonyl (C=O) groups is 1. The molecule has 0 radical (unpaired) electrons. The smallest absolute Gasteiger partial charge is 0.336 e. The molecule has 0 amide bonds. The Labute approximate surface area is 128 Å². The first kappa shape index (κ1) is 14.9. The van der Waals surface area contributed by atoms with Crippen molar-refractivity contribution in [3.63, 3.8) is 0 Å². The van der Waals surface area contributed by atoms with Gasteiger partial charge in [0, 0.05) is 18.1 Å². The van der Waals surface area contributed by atoms with E-state index >= 15 is 0 Å². The Morgan fingerprint density at radius 3 is 2.95 bits per heavy atom. The highest BCUT2D eigenvalue weighted by molar-refractivity contribution is 7.84. The highest BCUT2D eigenvalue weighted by atomic mass is 35.5. The van der Waals surface area contributed by atoms with Crippen LogP contribution in [0.3, 0.4) is 0 Å². The molecule has 1 aromatic heterocycles. The minimum Gasteiger partial charge on any atom is -0.463 e. The van der Waals surface area contributed by atoms with Gasteiger partial charge in [-0.05, 0) is 25.5 Å². The van der Waals surface area contributed by atoms with Gasteiger partial charge in [0.25, 0.3) is 0 Å². The Kier molecular flexibility index (Phi) is 4.73. The average Bonchev–Trinajstić information content (AvgIpc) is 2.43. The van der Waals surface area contributed by atoms with Gasteiger partial charge in [0.2, 0.25) is 0 Å². The molecule has 1 aliphatic heterocycles. The zero-order valence-corrected chi connectivity index (χ0v) is 12.8. The van der Waals surface area contributed by atoms with Gasteiger partial charge in [-0.1, -0.05) is 17.7 Å². The minimum absolute atomic E-state index is 0.310. The number of nitrogens with one attached hydrogen (secondary N) is 1. The molecule has 1 unspecified atom stereocenters. The summed E-state index contributed by atoms with van der Waals surface area (Å²) in [7, 11) is 0. The lowest BCUT2D eigenvalue weighted by molar-refractivity contribution is -0.138. The summed E-state index contributed by atoms with van der Waals surface area (Å²) >= 11 is 10.7. The van der Waals surface area contributed by atoms with Gasteiger partial charge in [-0.15, -0.1) is 12.6 Å². The number of allylic oxidation sites excluding steroid dienone is 2. The summed E-state index contributed by atoms with van der Waals surface area (Å²) in [5, 5.41) is 3.98. The number of rotatable bonds is 3. The maximum Gasteiger partial charge on any atom is 0.336 e. The van der Waals surface area contributed by atoms with Crippen LogP contribution in [0.1, 0.15) is 25.3 Å². The summed E-state index contributed by atoms with van der Waals surface area (Å²) in [5.41, 5.74) is 2.00. The van der Waals surface area contributed by atoms with Crippen LogP contribution in [0.15, 0.2) is 45.9 Å². The van der Waals surface area contributed by atoms with Gasteiger partial charge >= 0.3 is 5.97 Å². The highest BCUT2D eigenvalue weighted by Gasteiger charge is 2.33. The topological polar surface area (TPSA) is 51.2 Å². The van der Waals surface area contributed by atoms with E-state index in [0.717, 1.165) is 5.56 Å². The molecule has 1 aromatic rings. The van der Waals surface area contributed by atoms with E-state index in [9.17, 15) is 4.79 Å². The van der Waals surface area contributed by atoms with Crippen molar-refractivity contribution in [2.24, 2.45) is 0 Å². The van der Waals surface area contributed by atoms with E-state index in [4.69, 9.17) is 16.3 Å². The van der Waals surface area contributed by atoms with Crippen molar-refractivity contribution in [3.05, 3.63) is 51.4 Å². The van der Waals surface area contributed by atoms with E-state index in [1.54, 1.807) is 32.3 Å². The van der Waals surface area contributed by atoms with Crippen LogP contribution in [0.5, 0.6) is 0 Å². The average molecular weight is 311 g/mol. The van der Waals surface area contributed by atoms with Crippen LogP contribution < -0.4 is 5.32 Å². The number of hydrogen-bond acceptors (Lipinski definition) is 5. The van der Waals surface area contributed by atoms with Gasteiger partial charge in [-0.25, -0.2) is 4.79 Å². The number of thiol groups is 1. The number of hydrogen-bond donors (Lipinski definition) is 2. The van der Waals surface area contributed by atoms with E-state index < -0.39 is 5.92 Å². The Hall–Kier alpha value is -1.46. The summed E-state index contributed by atoms with van der Waals surface area (Å²) in [4.78, 5) is 16.3. The maximum atomic E-state index is 12.2. The fraction of sp³-hybridized carbons (Fsp3) is 0.286. The molecule has 0 aliphatic carbocycles. The predicted octanol–water partition coefficient (Wildman–Crippen LogP) is 2.94. The van der Waals surface area contributed by atoms with Gasteiger partial charge in [0.05, 0.1) is 28.2 Å². The lowest BCUT2D eigenvalue weighted by atomic mass is 9.88. The van der Waals surface area contributed by atoms with E-state index in [1.165, 1.54) is 0 Å². The summed E-state index contributed by atoms with van der Waals surface area (Å²) in [6.45, 7) is 3.88. The van der Waals surface area contributed by atoms with Crippen molar-refractivity contribution in [1.82, 2.24) is 10.3 Å². The van der Waals surface area contributed by atoms with Crippen LogP contribution >= 0.6 is 24.2 Å². The number of nitrogens with zero attached hydrogens (tertiary/aromatic N) is 1. The molecule has 1 N–H and O–H groups in total. The molecule has 0 saturated heterocycles. The molecule has 0 bridgehead atoms.